The molecule has 0 aliphatic heterocycles. The molecule has 0 fully saturated rings. The van der Waals surface area contributed by atoms with Crippen LogP contribution in [0.25, 0.3) is 0 Å². The van der Waals surface area contributed by atoms with Gasteiger partial charge in [0, 0.05) is 0 Å². The average molecular weight is 461 g/mol. The summed E-state index contributed by atoms with van der Waals surface area (Å²) in [6, 6.07) is 25.6. The third-order valence-electron chi connectivity index (χ3n) is 5.33. The van der Waals surface area contributed by atoms with Crippen LogP contribution in [0.1, 0.15) is 57.8 Å². The molecule has 34 heavy (non-hydrogen) atoms. The molecule has 0 heterocycles. The molecule has 6 nitrogen and oxygen atoms in total. The maximum Gasteiger partial charge on any atom is 0.338 e. The Morgan fingerprint density at radius 3 is 1.12 bits per heavy atom. The summed E-state index contributed by atoms with van der Waals surface area (Å²) < 4.78 is 17.3. The van der Waals surface area contributed by atoms with E-state index in [0.717, 1.165) is 0 Å². The summed E-state index contributed by atoms with van der Waals surface area (Å²) in [4.78, 5) is 38.4. The van der Waals surface area contributed by atoms with Crippen molar-refractivity contribution >= 4 is 17.9 Å². The summed E-state index contributed by atoms with van der Waals surface area (Å²) in [5.41, 5.74) is 1.10. The van der Waals surface area contributed by atoms with E-state index in [1.165, 1.54) is 0 Å². The number of carbonyl (C=O) groups is 3. The van der Waals surface area contributed by atoms with Gasteiger partial charge in [0.1, 0.15) is 12.2 Å². The van der Waals surface area contributed by atoms with Gasteiger partial charge >= 0.3 is 17.9 Å². The van der Waals surface area contributed by atoms with Gasteiger partial charge in [0.2, 0.25) is 0 Å². The minimum Gasteiger partial charge on any atom is -0.455 e. The van der Waals surface area contributed by atoms with Gasteiger partial charge in [-0.2, -0.15) is 0 Å². The first kappa shape index (κ1) is 24.7. The normalized spacial score (nSPS) is 13.2. The summed E-state index contributed by atoms with van der Waals surface area (Å²) in [6.07, 6.45) is -1.94. The van der Waals surface area contributed by atoms with Crippen LogP contribution in [-0.2, 0) is 14.2 Å². The molecule has 0 aliphatic rings. The van der Waals surface area contributed by atoms with Crippen molar-refractivity contribution in [1.82, 2.24) is 0 Å². The van der Waals surface area contributed by atoms with Crippen LogP contribution >= 0.6 is 0 Å². The monoisotopic (exact) mass is 460 g/mol. The number of carbonyl (C=O) groups excluding carboxylic acids is 3. The first-order chi connectivity index (χ1) is 16.5. The van der Waals surface area contributed by atoms with Gasteiger partial charge in [-0.05, 0) is 49.2 Å². The summed E-state index contributed by atoms with van der Waals surface area (Å²) in [5, 5.41) is 0. The SMILES string of the molecule is CC[C@H](OC(=O)c1ccccc1)C(OC(=O)c1ccccc1)[C@@H](CC)OC(=O)c1ccccc1. The molecule has 0 aromatic heterocycles. The minimum absolute atomic E-state index is 0.348. The van der Waals surface area contributed by atoms with Crippen molar-refractivity contribution in [2.24, 2.45) is 0 Å². The van der Waals surface area contributed by atoms with Crippen molar-refractivity contribution in [3.05, 3.63) is 108 Å². The zero-order valence-corrected chi connectivity index (χ0v) is 19.3. The van der Waals surface area contributed by atoms with E-state index in [2.05, 4.69) is 0 Å². The lowest BCUT2D eigenvalue weighted by Gasteiger charge is -2.31. The molecule has 3 aromatic rings. The standard InChI is InChI=1S/C28H28O6/c1-3-23(32-26(29)20-14-8-5-9-15-20)25(34-28(31)22-18-12-7-13-19-22)24(4-2)33-27(30)21-16-10-6-11-17-21/h5-19,23-25H,3-4H2,1-2H3/t23-,24+,25?. The van der Waals surface area contributed by atoms with E-state index in [1.807, 2.05) is 13.8 Å². The molecule has 0 amide bonds. The van der Waals surface area contributed by atoms with Gasteiger partial charge in [0.15, 0.2) is 6.10 Å². The second kappa shape index (κ2) is 12.3. The molecule has 1 unspecified atom stereocenters. The van der Waals surface area contributed by atoms with E-state index >= 15 is 0 Å². The van der Waals surface area contributed by atoms with E-state index in [9.17, 15) is 14.4 Å². The molecule has 3 aromatic carbocycles. The van der Waals surface area contributed by atoms with Gasteiger partial charge in [0.05, 0.1) is 16.7 Å². The topological polar surface area (TPSA) is 78.9 Å². The molecule has 0 N–H and O–H groups in total. The minimum atomic E-state index is -0.997. The van der Waals surface area contributed by atoms with Crippen LogP contribution in [0.15, 0.2) is 91.0 Å². The zero-order valence-electron chi connectivity index (χ0n) is 19.3. The lowest BCUT2D eigenvalue weighted by Crippen LogP contribution is -2.45. The second-order valence-corrected chi connectivity index (χ2v) is 7.67. The molecule has 0 spiro atoms. The quantitative estimate of drug-likeness (QED) is 0.294. The van der Waals surface area contributed by atoms with Gasteiger partial charge in [-0.25, -0.2) is 14.4 Å². The van der Waals surface area contributed by atoms with Gasteiger partial charge < -0.3 is 14.2 Å². The lowest BCUT2D eigenvalue weighted by atomic mass is 10.0. The molecule has 0 saturated heterocycles. The van der Waals surface area contributed by atoms with E-state index in [-0.39, 0.29) is 0 Å². The molecular weight excluding hydrogens is 432 g/mol. The summed E-state index contributed by atoms with van der Waals surface area (Å²) in [7, 11) is 0. The molecule has 3 rings (SSSR count). The van der Waals surface area contributed by atoms with Crippen molar-refractivity contribution in [3.63, 3.8) is 0 Å². The Bertz CT molecular complexity index is 1000. The Balaban J connectivity index is 1.86. The van der Waals surface area contributed by atoms with Gasteiger partial charge in [-0.15, -0.1) is 0 Å². The highest BCUT2D eigenvalue weighted by Gasteiger charge is 2.37. The smallest absolute Gasteiger partial charge is 0.338 e. The molecule has 0 aliphatic carbocycles. The third kappa shape index (κ3) is 6.54. The fourth-order valence-electron chi connectivity index (χ4n) is 3.48. The van der Waals surface area contributed by atoms with E-state index < -0.39 is 36.2 Å². The molecule has 0 radical (unpaired) electrons. The molecular formula is C28H28O6. The van der Waals surface area contributed by atoms with Gasteiger partial charge in [0.25, 0.3) is 0 Å². The summed E-state index contributed by atoms with van der Waals surface area (Å²) in [6.45, 7) is 3.63. The van der Waals surface area contributed by atoms with E-state index in [1.54, 1.807) is 91.0 Å². The lowest BCUT2D eigenvalue weighted by molar-refractivity contribution is -0.0892. The molecule has 3 atom stereocenters. The number of esters is 3. The Morgan fingerprint density at radius 2 is 0.824 bits per heavy atom. The Hall–Kier alpha value is -3.93. The zero-order chi connectivity index (χ0) is 24.3. The number of rotatable bonds is 10. The maximum absolute atomic E-state index is 12.9. The third-order valence-corrected chi connectivity index (χ3v) is 5.33. The van der Waals surface area contributed by atoms with Crippen LogP contribution in [0, 0.1) is 0 Å². The van der Waals surface area contributed by atoms with Crippen LogP contribution in [0.5, 0.6) is 0 Å². The summed E-state index contributed by atoms with van der Waals surface area (Å²) >= 11 is 0. The number of ether oxygens (including phenoxy) is 3. The average Bonchev–Trinajstić information content (AvgIpc) is 2.90. The summed E-state index contributed by atoms with van der Waals surface area (Å²) in [5.74, 6) is -1.68. The van der Waals surface area contributed by atoms with E-state index in [4.69, 9.17) is 14.2 Å². The highest BCUT2D eigenvalue weighted by molar-refractivity contribution is 5.91. The predicted molar refractivity (Wildman–Crippen MR) is 128 cm³/mol. The maximum atomic E-state index is 12.9. The number of benzene rings is 3. The Morgan fingerprint density at radius 1 is 0.529 bits per heavy atom. The van der Waals surface area contributed by atoms with Crippen molar-refractivity contribution in [2.45, 2.75) is 45.0 Å². The first-order valence-corrected chi connectivity index (χ1v) is 11.3. The van der Waals surface area contributed by atoms with Gasteiger partial charge in [-0.1, -0.05) is 68.4 Å². The van der Waals surface area contributed by atoms with Crippen molar-refractivity contribution in [2.75, 3.05) is 0 Å². The van der Waals surface area contributed by atoms with E-state index in [0.29, 0.717) is 29.5 Å². The fourth-order valence-corrected chi connectivity index (χ4v) is 3.48. The Labute approximate surface area is 199 Å². The van der Waals surface area contributed by atoms with Crippen LogP contribution < -0.4 is 0 Å². The Kier molecular flexibility index (Phi) is 8.97. The fraction of sp³-hybridized carbons (Fsp3) is 0.250. The van der Waals surface area contributed by atoms with Crippen molar-refractivity contribution in [1.29, 1.82) is 0 Å². The molecule has 176 valence electrons. The second-order valence-electron chi connectivity index (χ2n) is 7.67. The van der Waals surface area contributed by atoms with Crippen LogP contribution in [0.2, 0.25) is 0 Å². The molecule has 0 saturated carbocycles. The van der Waals surface area contributed by atoms with Gasteiger partial charge in [-0.3, -0.25) is 0 Å². The predicted octanol–water partition coefficient (Wildman–Crippen LogP) is 5.48. The first-order valence-electron chi connectivity index (χ1n) is 11.3. The van der Waals surface area contributed by atoms with Crippen molar-refractivity contribution < 1.29 is 28.6 Å². The van der Waals surface area contributed by atoms with Crippen molar-refractivity contribution in [3.8, 4) is 0 Å². The molecule has 6 heteroatoms. The number of hydrogen-bond donors (Lipinski definition) is 0. The van der Waals surface area contributed by atoms with Crippen LogP contribution in [0.3, 0.4) is 0 Å². The molecule has 0 bridgehead atoms. The largest absolute Gasteiger partial charge is 0.455 e. The van der Waals surface area contributed by atoms with Crippen LogP contribution in [0.4, 0.5) is 0 Å². The highest BCUT2D eigenvalue weighted by Crippen LogP contribution is 2.22. The highest BCUT2D eigenvalue weighted by atomic mass is 16.6. The number of hydrogen-bond acceptors (Lipinski definition) is 6. The van der Waals surface area contributed by atoms with Crippen LogP contribution in [-0.4, -0.2) is 36.2 Å².